The molecule has 2 N–H and O–H groups in total. The average molecular weight is 246 g/mol. The van der Waals surface area contributed by atoms with Gasteiger partial charge in [-0.25, -0.2) is 0 Å². The molecule has 96 valence electrons. The van der Waals surface area contributed by atoms with Crippen molar-refractivity contribution >= 4 is 0 Å². The van der Waals surface area contributed by atoms with E-state index in [1.165, 1.54) is 0 Å². The summed E-state index contributed by atoms with van der Waals surface area (Å²) in [4.78, 5) is 0. The van der Waals surface area contributed by atoms with Crippen LogP contribution in [0.1, 0.15) is 6.92 Å². The van der Waals surface area contributed by atoms with Crippen LogP contribution in [0.25, 0.3) is 0 Å². The van der Waals surface area contributed by atoms with Crippen molar-refractivity contribution in [1.82, 2.24) is 10.6 Å². The summed E-state index contributed by atoms with van der Waals surface area (Å²) in [5, 5.41) is 6.55. The van der Waals surface area contributed by atoms with E-state index in [1.807, 2.05) is 31.2 Å². The molecule has 2 unspecified atom stereocenters. The van der Waals surface area contributed by atoms with Crippen LogP contribution in [-0.4, -0.2) is 32.0 Å². The minimum Gasteiger partial charge on any atom is -0.478 e. The molecule has 4 heteroatoms. The summed E-state index contributed by atoms with van der Waals surface area (Å²) in [6, 6.07) is 7.49. The van der Waals surface area contributed by atoms with Gasteiger partial charge in [-0.05, 0) is 31.2 Å². The van der Waals surface area contributed by atoms with E-state index >= 15 is 0 Å². The maximum Gasteiger partial charge on any atom is 0.162 e. The number of hydrogen-bond donors (Lipinski definition) is 2. The van der Waals surface area contributed by atoms with Gasteiger partial charge in [0.25, 0.3) is 0 Å². The minimum absolute atomic E-state index is 0.0233. The lowest BCUT2D eigenvalue weighted by molar-refractivity contribution is 0.144. The third kappa shape index (κ3) is 3.66. The van der Waals surface area contributed by atoms with Crippen molar-refractivity contribution in [2.45, 2.75) is 19.3 Å². The summed E-state index contributed by atoms with van der Waals surface area (Å²) in [5.74, 6) is 4.09. The van der Waals surface area contributed by atoms with Crippen LogP contribution in [0.4, 0.5) is 0 Å². The number of ether oxygens (including phenoxy) is 2. The Morgan fingerprint density at radius 3 is 2.61 bits per heavy atom. The van der Waals surface area contributed by atoms with E-state index < -0.39 is 0 Å². The van der Waals surface area contributed by atoms with Crippen LogP contribution in [0.2, 0.25) is 0 Å². The van der Waals surface area contributed by atoms with Gasteiger partial charge >= 0.3 is 0 Å². The highest BCUT2D eigenvalue weighted by molar-refractivity contribution is 5.31. The zero-order chi connectivity index (χ0) is 12.8. The van der Waals surface area contributed by atoms with Crippen LogP contribution in [0.3, 0.4) is 0 Å². The molecule has 1 aliphatic rings. The number of rotatable bonds is 4. The van der Waals surface area contributed by atoms with Crippen LogP contribution < -0.4 is 20.1 Å². The molecular formula is C14H18N2O2. The van der Waals surface area contributed by atoms with E-state index in [0.717, 1.165) is 31.1 Å². The van der Waals surface area contributed by atoms with Crippen LogP contribution in [0, 0.1) is 12.3 Å². The van der Waals surface area contributed by atoms with Crippen LogP contribution in [0.5, 0.6) is 11.5 Å². The Morgan fingerprint density at radius 1 is 1.28 bits per heavy atom. The lowest BCUT2D eigenvalue weighted by Crippen LogP contribution is -2.51. The van der Waals surface area contributed by atoms with Crippen molar-refractivity contribution in [2.24, 2.45) is 0 Å². The molecule has 0 amide bonds. The van der Waals surface area contributed by atoms with E-state index in [1.54, 1.807) is 0 Å². The Balaban J connectivity index is 1.89. The van der Waals surface area contributed by atoms with Crippen molar-refractivity contribution in [3.05, 3.63) is 24.3 Å². The molecule has 2 atom stereocenters. The average Bonchev–Trinajstić information content (AvgIpc) is 2.42. The van der Waals surface area contributed by atoms with Gasteiger partial charge in [-0.3, -0.25) is 5.32 Å². The molecule has 18 heavy (non-hydrogen) atoms. The largest absolute Gasteiger partial charge is 0.478 e. The Hall–Kier alpha value is -1.70. The minimum atomic E-state index is -0.221. The molecule has 1 heterocycles. The van der Waals surface area contributed by atoms with Gasteiger partial charge in [0.15, 0.2) is 12.3 Å². The normalized spacial score (nSPS) is 20.8. The molecule has 0 saturated carbocycles. The number of piperazine rings is 1. The molecule has 0 spiro atoms. The Labute approximate surface area is 108 Å². The molecule has 4 nitrogen and oxygen atoms in total. The Bertz CT molecular complexity index is 405. The predicted octanol–water partition coefficient (Wildman–Crippen LogP) is 0.985. The first-order chi connectivity index (χ1) is 8.78. The first-order valence-electron chi connectivity index (χ1n) is 6.11. The number of nitrogens with one attached hydrogen (secondary N) is 2. The Morgan fingerprint density at radius 2 is 2.00 bits per heavy atom. The molecule has 1 fully saturated rings. The van der Waals surface area contributed by atoms with Gasteiger partial charge in [-0.1, -0.05) is 5.92 Å². The zero-order valence-electron chi connectivity index (χ0n) is 10.5. The third-order valence-electron chi connectivity index (χ3n) is 2.65. The van der Waals surface area contributed by atoms with Gasteiger partial charge < -0.3 is 14.8 Å². The second kappa shape index (κ2) is 6.29. The smallest absolute Gasteiger partial charge is 0.162 e. The van der Waals surface area contributed by atoms with Crippen molar-refractivity contribution in [1.29, 1.82) is 0 Å². The first-order valence-corrected chi connectivity index (χ1v) is 6.11. The predicted molar refractivity (Wildman–Crippen MR) is 70.7 cm³/mol. The fourth-order valence-corrected chi connectivity index (χ4v) is 1.71. The topological polar surface area (TPSA) is 42.5 Å². The number of hydrogen-bond acceptors (Lipinski definition) is 4. The summed E-state index contributed by atoms with van der Waals surface area (Å²) in [6.45, 7) is 4.55. The first kappa shape index (κ1) is 12.7. The van der Waals surface area contributed by atoms with Crippen molar-refractivity contribution in [3.8, 4) is 23.8 Å². The van der Waals surface area contributed by atoms with E-state index in [9.17, 15) is 0 Å². The number of terminal acetylenes is 1. The molecule has 0 radical (unpaired) electrons. The maximum atomic E-state index is 5.77. The van der Waals surface area contributed by atoms with E-state index in [-0.39, 0.29) is 12.3 Å². The van der Waals surface area contributed by atoms with Gasteiger partial charge in [-0.15, -0.1) is 6.42 Å². The van der Waals surface area contributed by atoms with Crippen LogP contribution >= 0.6 is 0 Å². The van der Waals surface area contributed by atoms with Crippen molar-refractivity contribution in [2.75, 3.05) is 19.6 Å². The SMILES string of the molecule is C#CC(C)Oc1ccc(OC2CNCCN2)cc1. The highest BCUT2D eigenvalue weighted by Crippen LogP contribution is 2.19. The van der Waals surface area contributed by atoms with Crippen molar-refractivity contribution < 1.29 is 9.47 Å². The van der Waals surface area contributed by atoms with Gasteiger partial charge in [-0.2, -0.15) is 0 Å². The standard InChI is InChI=1S/C14H18N2O2/c1-3-11(2)17-12-4-6-13(7-5-12)18-14-10-15-8-9-16-14/h1,4-7,11,14-16H,8-10H2,2H3. The lowest BCUT2D eigenvalue weighted by Gasteiger charge is -2.25. The summed E-state index contributed by atoms with van der Waals surface area (Å²) in [6.07, 6.45) is 5.06. The molecule has 2 rings (SSSR count). The molecular weight excluding hydrogens is 228 g/mol. The molecule has 0 bridgehead atoms. The number of benzene rings is 1. The fourth-order valence-electron chi connectivity index (χ4n) is 1.71. The Kier molecular flexibility index (Phi) is 4.46. The monoisotopic (exact) mass is 246 g/mol. The summed E-state index contributed by atoms with van der Waals surface area (Å²) in [5.41, 5.74) is 0. The van der Waals surface area contributed by atoms with Crippen LogP contribution in [-0.2, 0) is 0 Å². The van der Waals surface area contributed by atoms with E-state index in [4.69, 9.17) is 15.9 Å². The van der Waals surface area contributed by atoms with Gasteiger partial charge in [0.1, 0.15) is 11.5 Å². The molecule has 1 aromatic carbocycles. The quantitative estimate of drug-likeness (QED) is 0.777. The van der Waals surface area contributed by atoms with Gasteiger partial charge in [0.05, 0.1) is 0 Å². The summed E-state index contributed by atoms with van der Waals surface area (Å²) in [7, 11) is 0. The second-order valence-electron chi connectivity index (χ2n) is 4.16. The molecule has 1 aliphatic heterocycles. The lowest BCUT2D eigenvalue weighted by atomic mass is 10.3. The second-order valence-corrected chi connectivity index (χ2v) is 4.16. The van der Waals surface area contributed by atoms with E-state index in [0.29, 0.717) is 0 Å². The maximum absolute atomic E-state index is 5.77. The highest BCUT2D eigenvalue weighted by atomic mass is 16.5. The van der Waals surface area contributed by atoms with Gasteiger partial charge in [0, 0.05) is 19.6 Å². The highest BCUT2D eigenvalue weighted by Gasteiger charge is 2.13. The van der Waals surface area contributed by atoms with Crippen molar-refractivity contribution in [3.63, 3.8) is 0 Å². The zero-order valence-corrected chi connectivity index (χ0v) is 10.5. The molecule has 1 saturated heterocycles. The molecule has 0 aliphatic carbocycles. The third-order valence-corrected chi connectivity index (χ3v) is 2.65. The fraction of sp³-hybridized carbons (Fsp3) is 0.429. The van der Waals surface area contributed by atoms with Crippen LogP contribution in [0.15, 0.2) is 24.3 Å². The summed E-state index contributed by atoms with van der Waals surface area (Å²) < 4.78 is 11.3. The van der Waals surface area contributed by atoms with Gasteiger partial charge in [0.2, 0.25) is 0 Å². The molecule has 0 aromatic heterocycles. The summed E-state index contributed by atoms with van der Waals surface area (Å²) >= 11 is 0. The molecule has 1 aromatic rings. The van der Waals surface area contributed by atoms with E-state index in [2.05, 4.69) is 16.6 Å².